The fourth-order valence-corrected chi connectivity index (χ4v) is 5.50. The van der Waals surface area contributed by atoms with Crippen LogP contribution >= 0.6 is 0 Å². The highest BCUT2D eigenvalue weighted by atomic mass is 19.4. The Bertz CT molecular complexity index is 1180. The number of nitrogens with one attached hydrogen (secondary N) is 2. The third-order valence-electron chi connectivity index (χ3n) is 7.73. The van der Waals surface area contributed by atoms with E-state index in [1.807, 2.05) is 0 Å². The van der Waals surface area contributed by atoms with Gasteiger partial charge < -0.3 is 20.3 Å². The molecule has 1 aliphatic carbocycles. The normalized spacial score (nSPS) is 22.3. The number of aromatic nitrogens is 3. The molecule has 5 rings (SSSR count). The number of fused-ring (bicyclic) bond motifs is 1. The second-order valence-electron chi connectivity index (χ2n) is 10.2. The molecular weight excluding hydrogens is 481 g/mol. The van der Waals surface area contributed by atoms with Crippen molar-refractivity contribution in [1.82, 2.24) is 24.8 Å². The second kappa shape index (κ2) is 11.0. The molecule has 1 aliphatic heterocycles. The van der Waals surface area contributed by atoms with Crippen LogP contribution in [0.2, 0.25) is 0 Å². The van der Waals surface area contributed by atoms with Crippen LogP contribution < -0.4 is 10.6 Å². The van der Waals surface area contributed by atoms with Crippen molar-refractivity contribution in [2.75, 3.05) is 38.0 Å². The molecule has 1 saturated heterocycles. The number of aliphatic hydroxyl groups excluding tert-OH is 1. The molecule has 3 N–H and O–H groups in total. The molecule has 2 fully saturated rings. The van der Waals surface area contributed by atoms with Gasteiger partial charge in [-0.15, -0.1) is 0 Å². The number of halogens is 3. The van der Waals surface area contributed by atoms with Gasteiger partial charge in [0.15, 0.2) is 0 Å². The fraction of sp³-hybridized carbons (Fsp3) is 0.556. The van der Waals surface area contributed by atoms with E-state index in [0.717, 1.165) is 68.4 Å². The van der Waals surface area contributed by atoms with Crippen LogP contribution in [-0.2, 0) is 0 Å². The average molecular weight is 517 g/mol. The lowest BCUT2D eigenvalue weighted by Crippen LogP contribution is -2.44. The zero-order valence-corrected chi connectivity index (χ0v) is 21.1. The summed E-state index contributed by atoms with van der Waals surface area (Å²) in [4.78, 5) is 11.5. The van der Waals surface area contributed by atoms with Crippen LogP contribution in [0.3, 0.4) is 0 Å². The molecule has 37 heavy (non-hydrogen) atoms. The van der Waals surface area contributed by atoms with Crippen molar-refractivity contribution in [2.45, 2.75) is 63.4 Å². The maximum Gasteiger partial charge on any atom is 0.390 e. The number of alkyl halides is 3. The van der Waals surface area contributed by atoms with Crippen molar-refractivity contribution in [3.8, 4) is 11.1 Å². The summed E-state index contributed by atoms with van der Waals surface area (Å²) in [6.45, 7) is 6.04. The maximum atomic E-state index is 12.6. The Morgan fingerprint density at radius 1 is 1.11 bits per heavy atom. The van der Waals surface area contributed by atoms with Crippen molar-refractivity contribution >= 4 is 17.0 Å². The molecule has 1 aromatic carbocycles. The Labute approximate surface area is 215 Å². The molecule has 3 heterocycles. The first kappa shape index (κ1) is 25.9. The minimum absolute atomic E-state index is 0.171. The first-order chi connectivity index (χ1) is 17.8. The Kier molecular flexibility index (Phi) is 7.69. The number of benzene rings is 1. The van der Waals surface area contributed by atoms with Crippen LogP contribution in [0.25, 0.3) is 22.2 Å². The predicted octanol–water partition coefficient (Wildman–Crippen LogP) is 4.90. The van der Waals surface area contributed by atoms with Gasteiger partial charge in [-0.1, -0.05) is 24.3 Å². The number of nitrogens with zero attached hydrogens (tertiary/aromatic N) is 4. The molecule has 0 radical (unpaired) electrons. The lowest BCUT2D eigenvalue weighted by atomic mass is 9.93. The minimum Gasteiger partial charge on any atom is -0.393 e. The molecule has 10 heteroatoms. The predicted molar refractivity (Wildman–Crippen MR) is 138 cm³/mol. The topological polar surface area (TPSA) is 78.2 Å². The molecule has 0 unspecified atom stereocenters. The van der Waals surface area contributed by atoms with Crippen molar-refractivity contribution in [1.29, 1.82) is 0 Å². The van der Waals surface area contributed by atoms with Gasteiger partial charge in [-0.25, -0.2) is 4.98 Å². The van der Waals surface area contributed by atoms with Gasteiger partial charge in [0.1, 0.15) is 5.65 Å². The molecule has 0 spiro atoms. The van der Waals surface area contributed by atoms with E-state index in [4.69, 9.17) is 0 Å². The molecule has 1 atom stereocenters. The standard InChI is InChI=1S/C27H35F3N6O/c1-18(35-14-12-31-13-15-35)19-2-4-20(5-3-19)24-17-36(21-6-8-22(37)9-7-21)25-23(24)16-33-26(34-25)32-11-10-27(28,29)30/h2-5,16-18,21-22,31,37H,6-15H2,1H3,(H,32,33,34)/t18-,21?,22?/m1/s1. The second-order valence-corrected chi connectivity index (χ2v) is 10.2. The quantitative estimate of drug-likeness (QED) is 0.415. The highest BCUT2D eigenvalue weighted by molar-refractivity contribution is 5.94. The summed E-state index contributed by atoms with van der Waals surface area (Å²) in [5.74, 6) is 0.193. The zero-order chi connectivity index (χ0) is 26.0. The third kappa shape index (κ3) is 6.08. The summed E-state index contributed by atoms with van der Waals surface area (Å²) in [6, 6.07) is 9.12. The number of piperazine rings is 1. The smallest absolute Gasteiger partial charge is 0.390 e. The maximum absolute atomic E-state index is 12.6. The zero-order valence-electron chi connectivity index (χ0n) is 21.1. The van der Waals surface area contributed by atoms with Gasteiger partial charge in [-0.3, -0.25) is 4.90 Å². The molecule has 1 saturated carbocycles. The lowest BCUT2D eigenvalue weighted by Gasteiger charge is -2.33. The Hall–Kier alpha value is -2.69. The number of rotatable bonds is 7. The number of hydrogen-bond donors (Lipinski definition) is 3. The number of hydrogen-bond acceptors (Lipinski definition) is 6. The summed E-state index contributed by atoms with van der Waals surface area (Å²) in [7, 11) is 0. The minimum atomic E-state index is -4.23. The molecular formula is C27H35F3N6O. The van der Waals surface area contributed by atoms with E-state index in [2.05, 4.69) is 67.5 Å². The van der Waals surface area contributed by atoms with E-state index >= 15 is 0 Å². The Morgan fingerprint density at radius 3 is 2.49 bits per heavy atom. The van der Waals surface area contributed by atoms with Crippen LogP contribution in [0.4, 0.5) is 19.1 Å². The monoisotopic (exact) mass is 516 g/mol. The van der Waals surface area contributed by atoms with E-state index in [1.165, 1.54) is 5.56 Å². The van der Waals surface area contributed by atoms with Gasteiger partial charge >= 0.3 is 6.18 Å². The van der Waals surface area contributed by atoms with Crippen molar-refractivity contribution in [2.24, 2.45) is 0 Å². The van der Waals surface area contributed by atoms with Gasteiger partial charge in [0.25, 0.3) is 0 Å². The summed E-state index contributed by atoms with van der Waals surface area (Å²) in [5, 5.41) is 17.0. The summed E-state index contributed by atoms with van der Waals surface area (Å²) >= 11 is 0. The average Bonchev–Trinajstić information content (AvgIpc) is 3.27. The molecule has 2 aromatic heterocycles. The molecule has 7 nitrogen and oxygen atoms in total. The van der Waals surface area contributed by atoms with Crippen LogP contribution in [-0.4, -0.2) is 69.5 Å². The highest BCUT2D eigenvalue weighted by Crippen LogP contribution is 2.37. The molecule has 0 amide bonds. The first-order valence-corrected chi connectivity index (χ1v) is 13.2. The van der Waals surface area contributed by atoms with E-state index in [0.29, 0.717) is 11.7 Å². The summed E-state index contributed by atoms with van der Waals surface area (Å²) in [6.07, 6.45) is 1.44. The van der Waals surface area contributed by atoms with Crippen LogP contribution in [0.15, 0.2) is 36.7 Å². The van der Waals surface area contributed by atoms with Crippen LogP contribution in [0.1, 0.15) is 56.7 Å². The van der Waals surface area contributed by atoms with Crippen molar-refractivity contribution in [3.05, 3.63) is 42.2 Å². The summed E-state index contributed by atoms with van der Waals surface area (Å²) < 4.78 is 40.0. The fourth-order valence-electron chi connectivity index (χ4n) is 5.50. The highest BCUT2D eigenvalue weighted by Gasteiger charge is 2.27. The van der Waals surface area contributed by atoms with Crippen molar-refractivity contribution in [3.63, 3.8) is 0 Å². The van der Waals surface area contributed by atoms with E-state index in [1.54, 1.807) is 6.20 Å². The van der Waals surface area contributed by atoms with Crippen LogP contribution in [0.5, 0.6) is 0 Å². The van der Waals surface area contributed by atoms with Gasteiger partial charge in [0.05, 0.1) is 12.5 Å². The largest absolute Gasteiger partial charge is 0.393 e. The molecule has 2 aliphatic rings. The Morgan fingerprint density at radius 2 is 1.81 bits per heavy atom. The molecule has 3 aromatic rings. The molecule has 200 valence electrons. The SMILES string of the molecule is C[C@H](c1ccc(-c2cn(C3CCC(O)CC3)c3nc(NCCC(F)(F)F)ncc23)cc1)N1CCNCC1. The van der Waals surface area contributed by atoms with Gasteiger partial charge in [0.2, 0.25) is 5.95 Å². The summed E-state index contributed by atoms with van der Waals surface area (Å²) in [5.41, 5.74) is 4.03. The van der Waals surface area contributed by atoms with Crippen molar-refractivity contribution < 1.29 is 18.3 Å². The number of anilines is 1. The molecule has 0 bridgehead atoms. The van der Waals surface area contributed by atoms with Gasteiger partial charge in [-0.2, -0.15) is 18.2 Å². The lowest BCUT2D eigenvalue weighted by molar-refractivity contribution is -0.131. The van der Waals surface area contributed by atoms with E-state index in [-0.39, 0.29) is 24.6 Å². The Balaban J connectivity index is 1.44. The van der Waals surface area contributed by atoms with E-state index < -0.39 is 12.6 Å². The van der Waals surface area contributed by atoms with Crippen LogP contribution in [0, 0.1) is 0 Å². The number of aliphatic hydroxyl groups is 1. The first-order valence-electron chi connectivity index (χ1n) is 13.2. The third-order valence-corrected chi connectivity index (χ3v) is 7.73. The van der Waals surface area contributed by atoms with Gasteiger partial charge in [0, 0.05) is 68.2 Å². The van der Waals surface area contributed by atoms with Gasteiger partial charge in [-0.05, 0) is 43.7 Å². The van der Waals surface area contributed by atoms with E-state index in [9.17, 15) is 18.3 Å².